The highest BCUT2D eigenvalue weighted by molar-refractivity contribution is 5.76. The summed E-state index contributed by atoms with van der Waals surface area (Å²) in [7, 11) is 0. The molecule has 1 saturated heterocycles. The Morgan fingerprint density at radius 1 is 1.44 bits per heavy atom. The van der Waals surface area contributed by atoms with Gasteiger partial charge in [-0.05, 0) is 49.3 Å². The van der Waals surface area contributed by atoms with Crippen LogP contribution in [0.15, 0.2) is 24.5 Å². The molecule has 2 heterocycles. The van der Waals surface area contributed by atoms with E-state index in [-0.39, 0.29) is 6.10 Å². The summed E-state index contributed by atoms with van der Waals surface area (Å²) in [6, 6.07) is 3.79. The lowest BCUT2D eigenvalue weighted by molar-refractivity contribution is -0.153. The summed E-state index contributed by atoms with van der Waals surface area (Å²) in [5.41, 5.74) is 0.297. The van der Waals surface area contributed by atoms with Gasteiger partial charge in [-0.25, -0.2) is 0 Å². The fourth-order valence-electron chi connectivity index (χ4n) is 3.01. The van der Waals surface area contributed by atoms with Gasteiger partial charge in [-0.2, -0.15) is 0 Å². The summed E-state index contributed by atoms with van der Waals surface area (Å²) in [6.45, 7) is 0.568. The van der Waals surface area contributed by atoms with Gasteiger partial charge in [0.05, 0.1) is 6.10 Å². The maximum atomic E-state index is 11.8. The van der Waals surface area contributed by atoms with E-state index in [1.807, 2.05) is 12.1 Å². The first kappa shape index (κ1) is 11.7. The lowest BCUT2D eigenvalue weighted by Gasteiger charge is -2.30. The summed E-state index contributed by atoms with van der Waals surface area (Å²) in [6.07, 6.45) is 6.70. The lowest BCUT2D eigenvalue weighted by Crippen LogP contribution is -2.42. The topological polar surface area (TPSA) is 59.4 Å². The number of carboxylic acid groups (broad SMARTS) is 1. The Labute approximate surface area is 106 Å². The Morgan fingerprint density at radius 2 is 2.17 bits per heavy atom. The number of aliphatic carboxylic acids is 1. The van der Waals surface area contributed by atoms with Crippen LogP contribution in [0.5, 0.6) is 0 Å². The molecule has 2 fully saturated rings. The average Bonchev–Trinajstić information content (AvgIpc) is 3.12. The van der Waals surface area contributed by atoms with Crippen LogP contribution in [-0.4, -0.2) is 28.8 Å². The van der Waals surface area contributed by atoms with Crippen LogP contribution in [0.25, 0.3) is 0 Å². The normalized spacial score (nSPS) is 31.4. The zero-order valence-corrected chi connectivity index (χ0v) is 10.2. The molecule has 1 aliphatic heterocycles. The first-order valence-corrected chi connectivity index (χ1v) is 6.46. The van der Waals surface area contributed by atoms with Crippen LogP contribution in [0.2, 0.25) is 0 Å². The summed E-state index contributed by atoms with van der Waals surface area (Å²) < 4.78 is 5.73. The molecule has 4 nitrogen and oxygen atoms in total. The van der Waals surface area contributed by atoms with Crippen molar-refractivity contribution in [2.75, 3.05) is 6.61 Å². The highest BCUT2D eigenvalue weighted by Gasteiger charge is 2.55. The van der Waals surface area contributed by atoms with Crippen LogP contribution in [0.1, 0.15) is 24.8 Å². The molecule has 2 unspecified atom stereocenters. The average molecular weight is 247 g/mol. The van der Waals surface area contributed by atoms with Crippen LogP contribution in [0, 0.1) is 11.3 Å². The van der Waals surface area contributed by atoms with Gasteiger partial charge in [0.25, 0.3) is 0 Å². The number of carboxylic acids is 1. The van der Waals surface area contributed by atoms with Crippen LogP contribution < -0.4 is 0 Å². The maximum Gasteiger partial charge on any atom is 0.312 e. The van der Waals surface area contributed by atoms with Crippen molar-refractivity contribution in [2.45, 2.75) is 31.8 Å². The van der Waals surface area contributed by atoms with Gasteiger partial charge in [-0.15, -0.1) is 0 Å². The summed E-state index contributed by atoms with van der Waals surface area (Å²) >= 11 is 0. The molecule has 1 N–H and O–H groups in total. The number of rotatable bonds is 4. The summed E-state index contributed by atoms with van der Waals surface area (Å²) in [5, 5.41) is 9.68. The van der Waals surface area contributed by atoms with E-state index in [1.54, 1.807) is 12.4 Å². The standard InChI is InChI=1S/C14H17NO3/c16-13(17)14(9-10-3-6-15-7-4-10)5-8-18-12(14)11-1-2-11/h3-4,6-7,11-12H,1-2,5,8-9H2,(H,16,17). The zero-order chi connectivity index (χ0) is 12.6. The van der Waals surface area contributed by atoms with Crippen LogP contribution >= 0.6 is 0 Å². The predicted octanol–water partition coefficient (Wildman–Crippen LogP) is 1.89. The quantitative estimate of drug-likeness (QED) is 0.882. The van der Waals surface area contributed by atoms with Gasteiger partial charge < -0.3 is 9.84 Å². The molecule has 0 amide bonds. The number of carbonyl (C=O) groups is 1. The smallest absolute Gasteiger partial charge is 0.312 e. The predicted molar refractivity (Wildman–Crippen MR) is 65.1 cm³/mol. The fraction of sp³-hybridized carbons (Fsp3) is 0.571. The van der Waals surface area contributed by atoms with Crippen molar-refractivity contribution in [1.82, 2.24) is 4.98 Å². The Morgan fingerprint density at radius 3 is 2.78 bits per heavy atom. The number of hydrogen-bond donors (Lipinski definition) is 1. The number of ether oxygens (including phenoxy) is 1. The van der Waals surface area contributed by atoms with E-state index in [2.05, 4.69) is 4.98 Å². The van der Waals surface area contributed by atoms with Gasteiger partial charge in [-0.3, -0.25) is 9.78 Å². The Balaban J connectivity index is 1.89. The first-order chi connectivity index (χ1) is 8.72. The van der Waals surface area contributed by atoms with E-state index in [1.165, 1.54) is 0 Å². The summed E-state index contributed by atoms with van der Waals surface area (Å²) in [5.74, 6) is -0.265. The molecule has 1 aliphatic carbocycles. The highest BCUT2D eigenvalue weighted by atomic mass is 16.5. The third-order valence-corrected chi connectivity index (χ3v) is 4.14. The molecule has 0 bridgehead atoms. The van der Waals surface area contributed by atoms with E-state index < -0.39 is 11.4 Å². The molecule has 0 spiro atoms. The van der Waals surface area contributed by atoms with Crippen molar-refractivity contribution in [3.05, 3.63) is 30.1 Å². The minimum absolute atomic E-state index is 0.108. The summed E-state index contributed by atoms with van der Waals surface area (Å²) in [4.78, 5) is 15.8. The van der Waals surface area contributed by atoms with Gasteiger partial charge >= 0.3 is 5.97 Å². The van der Waals surface area contributed by atoms with Crippen LogP contribution in [0.3, 0.4) is 0 Å². The molecule has 1 aromatic rings. The van der Waals surface area contributed by atoms with E-state index in [0.29, 0.717) is 25.4 Å². The van der Waals surface area contributed by atoms with E-state index >= 15 is 0 Å². The number of pyridine rings is 1. The molecule has 1 aromatic heterocycles. The molecule has 2 atom stereocenters. The van der Waals surface area contributed by atoms with Crippen molar-refractivity contribution in [1.29, 1.82) is 0 Å². The maximum absolute atomic E-state index is 11.8. The molecule has 3 rings (SSSR count). The third-order valence-electron chi connectivity index (χ3n) is 4.14. The van der Waals surface area contributed by atoms with Gasteiger partial charge in [0.1, 0.15) is 5.41 Å². The van der Waals surface area contributed by atoms with Crippen molar-refractivity contribution < 1.29 is 14.6 Å². The zero-order valence-electron chi connectivity index (χ0n) is 10.2. The third kappa shape index (κ3) is 1.90. The van der Waals surface area contributed by atoms with Crippen molar-refractivity contribution in [3.63, 3.8) is 0 Å². The largest absolute Gasteiger partial charge is 0.481 e. The first-order valence-electron chi connectivity index (χ1n) is 6.46. The molecule has 0 aromatic carbocycles. The van der Waals surface area contributed by atoms with E-state index in [4.69, 9.17) is 4.74 Å². The lowest BCUT2D eigenvalue weighted by atomic mass is 9.74. The number of nitrogens with zero attached hydrogens (tertiary/aromatic N) is 1. The van der Waals surface area contributed by atoms with Crippen molar-refractivity contribution >= 4 is 5.97 Å². The molecule has 4 heteroatoms. The molecule has 18 heavy (non-hydrogen) atoms. The van der Waals surface area contributed by atoms with Gasteiger partial charge in [-0.1, -0.05) is 0 Å². The number of hydrogen-bond acceptors (Lipinski definition) is 3. The van der Waals surface area contributed by atoms with Gasteiger partial charge in [0, 0.05) is 19.0 Å². The second kappa shape index (κ2) is 4.35. The van der Waals surface area contributed by atoms with E-state index in [0.717, 1.165) is 18.4 Å². The molecular weight excluding hydrogens is 230 g/mol. The second-order valence-electron chi connectivity index (χ2n) is 5.37. The van der Waals surface area contributed by atoms with Gasteiger partial charge in [0.15, 0.2) is 0 Å². The molecule has 1 saturated carbocycles. The van der Waals surface area contributed by atoms with Gasteiger partial charge in [0.2, 0.25) is 0 Å². The number of aromatic nitrogens is 1. The minimum Gasteiger partial charge on any atom is -0.481 e. The Kier molecular flexibility index (Phi) is 2.82. The molecule has 2 aliphatic rings. The highest BCUT2D eigenvalue weighted by Crippen LogP contribution is 2.49. The Hall–Kier alpha value is -1.42. The minimum atomic E-state index is -0.734. The Bertz CT molecular complexity index is 444. The SMILES string of the molecule is O=C(O)C1(Cc2ccncc2)CCOC1C1CC1. The molecular formula is C14H17NO3. The van der Waals surface area contributed by atoms with Crippen LogP contribution in [-0.2, 0) is 16.0 Å². The molecule has 0 radical (unpaired) electrons. The second-order valence-corrected chi connectivity index (χ2v) is 5.37. The van der Waals surface area contributed by atoms with Crippen molar-refractivity contribution in [2.24, 2.45) is 11.3 Å². The van der Waals surface area contributed by atoms with Crippen LogP contribution in [0.4, 0.5) is 0 Å². The van der Waals surface area contributed by atoms with E-state index in [9.17, 15) is 9.90 Å². The fourth-order valence-corrected chi connectivity index (χ4v) is 3.01. The molecule has 96 valence electrons. The monoisotopic (exact) mass is 247 g/mol. The van der Waals surface area contributed by atoms with Crippen molar-refractivity contribution in [3.8, 4) is 0 Å².